The molecule has 0 bridgehead atoms. The molecular weight excluding hydrogens is 356 g/mol. The minimum Gasteiger partial charge on any atom is -0.497 e. The molecule has 0 amide bonds. The highest BCUT2D eigenvalue weighted by molar-refractivity contribution is 6.04. The first kappa shape index (κ1) is 17.4. The summed E-state index contributed by atoms with van der Waals surface area (Å²) in [6.07, 6.45) is 1.93. The van der Waals surface area contributed by atoms with E-state index in [0.717, 1.165) is 5.56 Å². The fraction of sp³-hybridized carbons (Fsp3) is 0.150. The van der Waals surface area contributed by atoms with Crippen LogP contribution in [0.25, 0.3) is 22.3 Å². The number of carbonyl (C=O) groups excluding carboxylic acids is 1. The summed E-state index contributed by atoms with van der Waals surface area (Å²) in [7, 11) is 1.58. The molecule has 0 aliphatic rings. The average Bonchev–Trinajstić information content (AvgIpc) is 3.36. The molecule has 0 aliphatic carbocycles. The summed E-state index contributed by atoms with van der Waals surface area (Å²) in [5, 5.41) is 21.5. The summed E-state index contributed by atoms with van der Waals surface area (Å²) in [6.45, 7) is 0.388. The standard InChI is InChI=1S/C20H16N6O2/c1-28-15-7-4-6-14(12-15)19-16(13-25(23-19)11-5-10-21)20(27)26-18-9-3-2-8-17(18)22-24-26/h2-4,6-9,12-13H,5,11H2,1H3. The molecule has 0 spiro atoms. The number of fused-ring (bicyclic) bond motifs is 1. The average molecular weight is 372 g/mol. The molecule has 0 saturated heterocycles. The van der Waals surface area contributed by atoms with Crippen LogP contribution in [0.1, 0.15) is 16.8 Å². The SMILES string of the molecule is COc1cccc(-c2nn(CCC#N)cc2C(=O)n2nnc3ccccc32)c1. The molecule has 2 aromatic carbocycles. The molecule has 8 heteroatoms. The number of carbonyl (C=O) groups is 1. The minimum atomic E-state index is -0.338. The van der Waals surface area contributed by atoms with Gasteiger partial charge in [-0.1, -0.05) is 29.5 Å². The van der Waals surface area contributed by atoms with E-state index in [1.165, 1.54) is 4.68 Å². The fourth-order valence-corrected chi connectivity index (χ4v) is 2.97. The Morgan fingerprint density at radius 1 is 1.21 bits per heavy atom. The van der Waals surface area contributed by atoms with Gasteiger partial charge in [0.25, 0.3) is 5.91 Å². The number of aromatic nitrogens is 5. The number of nitriles is 1. The van der Waals surface area contributed by atoms with Crippen LogP contribution in [0.15, 0.2) is 54.7 Å². The van der Waals surface area contributed by atoms with Gasteiger partial charge in [0.2, 0.25) is 0 Å². The number of ether oxygens (including phenoxy) is 1. The highest BCUT2D eigenvalue weighted by Crippen LogP contribution is 2.27. The van der Waals surface area contributed by atoms with Crippen LogP contribution in [-0.4, -0.2) is 37.8 Å². The van der Waals surface area contributed by atoms with E-state index >= 15 is 0 Å². The van der Waals surface area contributed by atoms with Gasteiger partial charge >= 0.3 is 0 Å². The van der Waals surface area contributed by atoms with Crippen molar-refractivity contribution in [1.82, 2.24) is 24.8 Å². The summed E-state index contributed by atoms with van der Waals surface area (Å²) in [5.74, 6) is 0.323. The second-order valence-electron chi connectivity index (χ2n) is 6.09. The smallest absolute Gasteiger partial charge is 0.284 e. The van der Waals surface area contributed by atoms with Crippen LogP contribution in [0, 0.1) is 11.3 Å². The lowest BCUT2D eigenvalue weighted by molar-refractivity contribution is 0.0948. The molecule has 2 aromatic heterocycles. The molecule has 8 nitrogen and oxygen atoms in total. The lowest BCUT2D eigenvalue weighted by Crippen LogP contribution is -2.14. The molecular formula is C20H16N6O2. The third kappa shape index (κ3) is 3.10. The van der Waals surface area contributed by atoms with Crippen molar-refractivity contribution in [3.05, 3.63) is 60.3 Å². The van der Waals surface area contributed by atoms with E-state index in [4.69, 9.17) is 10.00 Å². The van der Waals surface area contributed by atoms with Crippen LogP contribution >= 0.6 is 0 Å². The second-order valence-corrected chi connectivity index (χ2v) is 6.09. The number of para-hydroxylation sites is 1. The predicted molar refractivity (Wildman–Crippen MR) is 102 cm³/mol. The molecule has 0 aliphatic heterocycles. The predicted octanol–water partition coefficient (Wildman–Crippen LogP) is 2.91. The van der Waals surface area contributed by atoms with E-state index < -0.39 is 0 Å². The number of methoxy groups -OCH3 is 1. The van der Waals surface area contributed by atoms with Gasteiger partial charge in [-0.3, -0.25) is 9.48 Å². The van der Waals surface area contributed by atoms with E-state index in [1.807, 2.05) is 36.4 Å². The van der Waals surface area contributed by atoms with Gasteiger partial charge in [-0.15, -0.1) is 5.10 Å². The third-order valence-electron chi connectivity index (χ3n) is 4.33. The lowest BCUT2D eigenvalue weighted by Gasteiger charge is -2.05. The Kier molecular flexibility index (Phi) is 4.56. The van der Waals surface area contributed by atoms with Crippen molar-refractivity contribution in [2.24, 2.45) is 0 Å². The van der Waals surface area contributed by atoms with Crippen molar-refractivity contribution in [1.29, 1.82) is 5.26 Å². The Hall–Kier alpha value is -3.99. The zero-order chi connectivity index (χ0) is 19.5. The van der Waals surface area contributed by atoms with Crippen LogP contribution in [0.5, 0.6) is 5.75 Å². The first-order valence-corrected chi connectivity index (χ1v) is 8.65. The van der Waals surface area contributed by atoms with E-state index in [0.29, 0.717) is 41.0 Å². The van der Waals surface area contributed by atoms with Gasteiger partial charge < -0.3 is 4.74 Å². The van der Waals surface area contributed by atoms with Crippen LogP contribution < -0.4 is 4.74 Å². The van der Waals surface area contributed by atoms with Crippen molar-refractivity contribution >= 4 is 16.9 Å². The van der Waals surface area contributed by atoms with Crippen molar-refractivity contribution in [3.8, 4) is 23.1 Å². The Balaban J connectivity index is 1.83. The quantitative estimate of drug-likeness (QED) is 0.534. The largest absolute Gasteiger partial charge is 0.497 e. The Morgan fingerprint density at radius 3 is 2.89 bits per heavy atom. The molecule has 2 heterocycles. The maximum absolute atomic E-state index is 13.3. The van der Waals surface area contributed by atoms with Crippen molar-refractivity contribution in [2.45, 2.75) is 13.0 Å². The summed E-state index contributed by atoms with van der Waals surface area (Å²) in [6, 6.07) is 16.7. The molecule has 0 saturated carbocycles. The zero-order valence-corrected chi connectivity index (χ0v) is 15.1. The van der Waals surface area contributed by atoms with Gasteiger partial charge in [0.1, 0.15) is 17.0 Å². The Labute approximate surface area is 160 Å². The Bertz CT molecular complexity index is 1200. The van der Waals surface area contributed by atoms with Crippen molar-refractivity contribution in [2.75, 3.05) is 7.11 Å². The van der Waals surface area contributed by atoms with Gasteiger partial charge in [-0.2, -0.15) is 15.0 Å². The van der Waals surface area contributed by atoms with Gasteiger partial charge in [0.05, 0.1) is 37.2 Å². The molecule has 0 atom stereocenters. The van der Waals surface area contributed by atoms with Crippen LogP contribution in [0.2, 0.25) is 0 Å². The number of hydrogen-bond acceptors (Lipinski definition) is 6. The summed E-state index contributed by atoms with van der Waals surface area (Å²) in [4.78, 5) is 13.3. The highest BCUT2D eigenvalue weighted by atomic mass is 16.5. The molecule has 0 unspecified atom stereocenters. The van der Waals surface area contributed by atoms with Gasteiger partial charge in [0.15, 0.2) is 0 Å². The molecule has 0 radical (unpaired) electrons. The van der Waals surface area contributed by atoms with E-state index in [9.17, 15) is 4.79 Å². The topological polar surface area (TPSA) is 98.6 Å². The molecule has 4 rings (SSSR count). The highest BCUT2D eigenvalue weighted by Gasteiger charge is 2.22. The molecule has 4 aromatic rings. The number of aryl methyl sites for hydroxylation is 1. The van der Waals surface area contributed by atoms with Crippen LogP contribution in [0.3, 0.4) is 0 Å². The fourth-order valence-electron chi connectivity index (χ4n) is 2.97. The monoisotopic (exact) mass is 372 g/mol. The normalized spacial score (nSPS) is 10.7. The minimum absolute atomic E-state index is 0.291. The zero-order valence-electron chi connectivity index (χ0n) is 15.1. The van der Waals surface area contributed by atoms with Crippen LogP contribution in [0.4, 0.5) is 0 Å². The summed E-state index contributed by atoms with van der Waals surface area (Å²) >= 11 is 0. The van der Waals surface area contributed by atoms with Crippen molar-refractivity contribution < 1.29 is 9.53 Å². The number of benzene rings is 2. The van der Waals surface area contributed by atoms with E-state index in [2.05, 4.69) is 21.5 Å². The molecule has 0 N–H and O–H groups in total. The molecule has 0 fully saturated rings. The second kappa shape index (κ2) is 7.32. The third-order valence-corrected chi connectivity index (χ3v) is 4.33. The van der Waals surface area contributed by atoms with Gasteiger partial charge in [-0.25, -0.2) is 0 Å². The summed E-state index contributed by atoms with van der Waals surface area (Å²) < 4.78 is 8.16. The van der Waals surface area contributed by atoms with Gasteiger partial charge in [-0.05, 0) is 24.3 Å². The molecule has 138 valence electrons. The summed E-state index contributed by atoms with van der Waals surface area (Å²) in [5.41, 5.74) is 2.87. The first-order valence-electron chi connectivity index (χ1n) is 8.65. The Morgan fingerprint density at radius 2 is 2.07 bits per heavy atom. The number of rotatable bonds is 5. The van der Waals surface area contributed by atoms with Gasteiger partial charge in [0, 0.05) is 11.8 Å². The lowest BCUT2D eigenvalue weighted by atomic mass is 10.1. The number of hydrogen-bond donors (Lipinski definition) is 0. The van der Waals surface area contributed by atoms with E-state index in [1.54, 1.807) is 30.1 Å². The number of nitrogens with zero attached hydrogens (tertiary/aromatic N) is 6. The maximum Gasteiger partial charge on any atom is 0.284 e. The van der Waals surface area contributed by atoms with Crippen molar-refractivity contribution in [3.63, 3.8) is 0 Å². The van der Waals surface area contributed by atoms with Crippen LogP contribution in [-0.2, 0) is 6.54 Å². The van der Waals surface area contributed by atoms with E-state index in [-0.39, 0.29) is 5.91 Å². The maximum atomic E-state index is 13.3. The molecule has 28 heavy (non-hydrogen) atoms. The first-order chi connectivity index (χ1) is 13.7.